The highest BCUT2D eigenvalue weighted by Crippen LogP contribution is 2.38. The minimum absolute atomic E-state index is 0.0382. The van der Waals surface area contributed by atoms with Crippen LogP contribution >= 0.6 is 0 Å². The van der Waals surface area contributed by atoms with Gasteiger partial charge in [-0.25, -0.2) is 9.78 Å². The summed E-state index contributed by atoms with van der Waals surface area (Å²) in [6, 6.07) is 5.71. The van der Waals surface area contributed by atoms with Gasteiger partial charge in [0, 0.05) is 24.4 Å². The van der Waals surface area contributed by atoms with Crippen molar-refractivity contribution in [3.05, 3.63) is 63.1 Å². The van der Waals surface area contributed by atoms with Crippen LogP contribution < -0.4 is 5.32 Å². The summed E-state index contributed by atoms with van der Waals surface area (Å²) in [5.74, 6) is 0.0835. The molecule has 9 nitrogen and oxygen atoms in total. The normalized spacial score (nSPS) is 16.1. The average Bonchev–Trinajstić information content (AvgIpc) is 3.01. The molecule has 2 aromatic rings. The van der Waals surface area contributed by atoms with Crippen LogP contribution in [0.25, 0.3) is 0 Å². The van der Waals surface area contributed by atoms with Gasteiger partial charge in [0.1, 0.15) is 0 Å². The number of carbonyl (C=O) groups excluding carboxylic acids is 1. The molecule has 1 aliphatic heterocycles. The number of ether oxygens (including phenoxy) is 1. The predicted octanol–water partition coefficient (Wildman–Crippen LogP) is 2.31. The Hall–Kier alpha value is -3.20. The van der Waals surface area contributed by atoms with Gasteiger partial charge in [-0.15, -0.1) is 0 Å². The van der Waals surface area contributed by atoms with Crippen molar-refractivity contribution < 1.29 is 14.5 Å². The van der Waals surface area contributed by atoms with Gasteiger partial charge in [-0.3, -0.25) is 10.1 Å². The fraction of sp³-hybridized carbons (Fsp3) is 0.333. The van der Waals surface area contributed by atoms with Crippen molar-refractivity contribution in [3.63, 3.8) is 0 Å². The van der Waals surface area contributed by atoms with Gasteiger partial charge in [0.2, 0.25) is 5.95 Å². The number of esters is 1. The zero-order valence-electron chi connectivity index (χ0n) is 15.6. The topological polar surface area (TPSA) is 103 Å². The molecular formula is C18H21N5O4. The van der Waals surface area contributed by atoms with E-state index in [4.69, 9.17) is 4.74 Å². The maximum absolute atomic E-state index is 12.5. The largest absolute Gasteiger partial charge is 0.466 e. The number of hydrogen-bond acceptors (Lipinski definition) is 7. The molecule has 0 saturated heterocycles. The SMILES string of the molecule is COC(=O)C1=C(C)Nc2ncc(CN(C)C)n2C1c1cccc([N+](=O)[O-])c1. The lowest BCUT2D eigenvalue weighted by Gasteiger charge is -2.31. The van der Waals surface area contributed by atoms with E-state index in [0.29, 0.717) is 29.3 Å². The van der Waals surface area contributed by atoms with Crippen molar-refractivity contribution in [1.82, 2.24) is 14.5 Å². The molecule has 27 heavy (non-hydrogen) atoms. The summed E-state index contributed by atoms with van der Waals surface area (Å²) in [7, 11) is 5.18. The van der Waals surface area contributed by atoms with Crippen LogP contribution in [0.4, 0.5) is 11.6 Å². The molecule has 1 atom stereocenters. The maximum atomic E-state index is 12.5. The number of carbonyl (C=O) groups is 1. The molecule has 1 aromatic heterocycles. The molecule has 0 bridgehead atoms. The van der Waals surface area contributed by atoms with E-state index >= 15 is 0 Å². The van der Waals surface area contributed by atoms with Gasteiger partial charge in [-0.2, -0.15) is 0 Å². The number of aromatic nitrogens is 2. The lowest BCUT2D eigenvalue weighted by molar-refractivity contribution is -0.384. The van der Waals surface area contributed by atoms with E-state index in [1.165, 1.54) is 19.2 Å². The number of hydrogen-bond donors (Lipinski definition) is 1. The summed E-state index contributed by atoms with van der Waals surface area (Å²) in [5.41, 5.74) is 2.44. The van der Waals surface area contributed by atoms with Crippen LogP contribution in [0.3, 0.4) is 0 Å². The standard InChI is InChI=1S/C18H21N5O4/c1-11-15(17(24)27-4)16(12-6-5-7-13(8-12)23(25)26)22-14(10-21(2)3)9-19-18(22)20-11/h5-9,16H,10H2,1-4H3,(H,19,20). The average molecular weight is 371 g/mol. The van der Waals surface area contributed by atoms with Crippen molar-refractivity contribution in [3.8, 4) is 0 Å². The highest BCUT2D eigenvalue weighted by molar-refractivity contribution is 5.92. The molecule has 3 rings (SSSR count). The van der Waals surface area contributed by atoms with Crippen LogP contribution in [-0.2, 0) is 16.1 Å². The summed E-state index contributed by atoms with van der Waals surface area (Å²) < 4.78 is 6.87. The van der Waals surface area contributed by atoms with E-state index in [-0.39, 0.29) is 5.69 Å². The van der Waals surface area contributed by atoms with Crippen LogP contribution in [0.1, 0.15) is 24.2 Å². The fourth-order valence-corrected chi connectivity index (χ4v) is 3.29. The zero-order valence-corrected chi connectivity index (χ0v) is 15.6. The molecule has 142 valence electrons. The molecule has 1 aromatic carbocycles. The van der Waals surface area contributed by atoms with Crippen molar-refractivity contribution in [2.45, 2.75) is 19.5 Å². The summed E-state index contributed by atoms with van der Waals surface area (Å²) in [4.78, 5) is 29.7. The highest BCUT2D eigenvalue weighted by Gasteiger charge is 2.35. The van der Waals surface area contributed by atoms with Gasteiger partial charge in [-0.05, 0) is 26.6 Å². The van der Waals surface area contributed by atoms with Crippen molar-refractivity contribution in [2.24, 2.45) is 0 Å². The van der Waals surface area contributed by atoms with E-state index in [1.54, 1.807) is 25.3 Å². The number of nitro groups is 1. The van der Waals surface area contributed by atoms with Crippen LogP contribution in [0, 0.1) is 10.1 Å². The number of methoxy groups -OCH3 is 1. The van der Waals surface area contributed by atoms with Gasteiger partial charge < -0.3 is 19.5 Å². The van der Waals surface area contributed by atoms with Crippen LogP contribution in [0.15, 0.2) is 41.7 Å². The minimum Gasteiger partial charge on any atom is -0.466 e. The Morgan fingerprint density at radius 3 is 2.81 bits per heavy atom. The third-order valence-electron chi connectivity index (χ3n) is 4.39. The lowest BCUT2D eigenvalue weighted by Crippen LogP contribution is -2.30. The van der Waals surface area contributed by atoms with Gasteiger partial charge in [0.05, 0.1) is 35.5 Å². The van der Waals surface area contributed by atoms with Gasteiger partial charge >= 0.3 is 5.97 Å². The van der Waals surface area contributed by atoms with E-state index in [1.807, 2.05) is 23.6 Å². The monoisotopic (exact) mass is 371 g/mol. The summed E-state index contributed by atoms with van der Waals surface area (Å²) in [6.07, 6.45) is 1.74. The van der Waals surface area contributed by atoms with Crippen molar-refractivity contribution in [2.75, 3.05) is 26.5 Å². The van der Waals surface area contributed by atoms with Gasteiger partial charge in [0.25, 0.3) is 5.69 Å². The molecule has 1 unspecified atom stereocenters. The minimum atomic E-state index is -0.578. The molecule has 1 aliphatic rings. The molecule has 9 heteroatoms. The second kappa shape index (κ2) is 7.20. The summed E-state index contributed by atoms with van der Waals surface area (Å²) in [5, 5.41) is 14.4. The predicted molar refractivity (Wildman–Crippen MR) is 99.2 cm³/mol. The molecule has 0 aliphatic carbocycles. The van der Waals surface area contributed by atoms with Crippen molar-refractivity contribution in [1.29, 1.82) is 0 Å². The maximum Gasteiger partial charge on any atom is 0.337 e. The van der Waals surface area contributed by atoms with Crippen LogP contribution in [0.5, 0.6) is 0 Å². The Labute approximate surface area is 156 Å². The van der Waals surface area contributed by atoms with E-state index in [0.717, 1.165) is 5.69 Å². The molecular weight excluding hydrogens is 350 g/mol. The van der Waals surface area contributed by atoms with E-state index < -0.39 is 16.9 Å². The molecule has 0 amide bonds. The number of nitrogens with zero attached hydrogens (tertiary/aromatic N) is 4. The Bertz CT molecular complexity index is 932. The summed E-state index contributed by atoms with van der Waals surface area (Å²) in [6.45, 7) is 2.36. The first-order chi connectivity index (χ1) is 12.8. The lowest BCUT2D eigenvalue weighted by atomic mass is 9.94. The molecule has 1 N–H and O–H groups in total. The van der Waals surface area contributed by atoms with Crippen LogP contribution in [0.2, 0.25) is 0 Å². The Balaban J connectivity index is 2.23. The number of nitro benzene ring substituents is 1. The third-order valence-corrected chi connectivity index (χ3v) is 4.39. The van der Waals surface area contributed by atoms with Gasteiger partial charge in [-0.1, -0.05) is 12.1 Å². The third kappa shape index (κ3) is 3.41. The number of rotatable bonds is 5. The molecule has 0 fully saturated rings. The Kier molecular flexibility index (Phi) is 4.95. The quantitative estimate of drug-likeness (QED) is 0.489. The summed E-state index contributed by atoms with van der Waals surface area (Å²) >= 11 is 0. The second-order valence-corrected chi connectivity index (χ2v) is 6.59. The highest BCUT2D eigenvalue weighted by atomic mass is 16.6. The number of non-ortho nitro benzene ring substituents is 1. The Morgan fingerprint density at radius 1 is 1.44 bits per heavy atom. The zero-order chi connectivity index (χ0) is 19.7. The second-order valence-electron chi connectivity index (χ2n) is 6.59. The number of nitrogens with one attached hydrogen (secondary N) is 1. The molecule has 0 radical (unpaired) electrons. The van der Waals surface area contributed by atoms with E-state index in [2.05, 4.69) is 10.3 Å². The number of anilines is 1. The Morgan fingerprint density at radius 2 is 2.19 bits per heavy atom. The number of benzene rings is 1. The van der Waals surface area contributed by atoms with Gasteiger partial charge in [0.15, 0.2) is 0 Å². The fourth-order valence-electron chi connectivity index (χ4n) is 3.29. The number of allylic oxidation sites excluding steroid dienone is 1. The molecule has 2 heterocycles. The number of imidazole rings is 1. The number of fused-ring (bicyclic) bond motifs is 1. The molecule has 0 spiro atoms. The van der Waals surface area contributed by atoms with Crippen molar-refractivity contribution >= 4 is 17.6 Å². The first-order valence-electron chi connectivity index (χ1n) is 8.34. The first-order valence-corrected chi connectivity index (χ1v) is 8.34. The smallest absolute Gasteiger partial charge is 0.337 e. The van der Waals surface area contributed by atoms with Crippen LogP contribution in [-0.4, -0.2) is 46.5 Å². The van der Waals surface area contributed by atoms with E-state index in [9.17, 15) is 14.9 Å². The molecule has 0 saturated carbocycles. The first kappa shape index (κ1) is 18.6.